The summed E-state index contributed by atoms with van der Waals surface area (Å²) in [6.45, 7) is 0.139. The first-order valence-electron chi connectivity index (χ1n) is 6.38. The van der Waals surface area contributed by atoms with Gasteiger partial charge in [0.1, 0.15) is 0 Å². The SMILES string of the molecule is NC(=O)C(=O)N(Cc1ccccc1)c1ccc([N+](=O)[O-])cc1. The molecule has 0 bridgehead atoms. The number of anilines is 1. The molecule has 0 radical (unpaired) electrons. The molecule has 0 atom stereocenters. The Bertz CT molecular complexity index is 698. The summed E-state index contributed by atoms with van der Waals surface area (Å²) in [7, 11) is 0. The zero-order valence-corrected chi connectivity index (χ0v) is 11.5. The summed E-state index contributed by atoms with van der Waals surface area (Å²) in [5, 5.41) is 10.7. The highest BCUT2D eigenvalue weighted by Crippen LogP contribution is 2.21. The molecule has 2 rings (SSSR count). The Morgan fingerprint density at radius 1 is 1.05 bits per heavy atom. The minimum Gasteiger partial charge on any atom is -0.361 e. The lowest BCUT2D eigenvalue weighted by molar-refractivity contribution is -0.384. The molecule has 7 heteroatoms. The molecule has 0 aliphatic heterocycles. The number of nitrogens with two attached hydrogens (primary N) is 1. The van der Waals surface area contributed by atoms with Gasteiger partial charge < -0.3 is 5.73 Å². The molecule has 0 heterocycles. The second-order valence-electron chi connectivity index (χ2n) is 4.51. The van der Waals surface area contributed by atoms with Crippen LogP contribution in [0.15, 0.2) is 54.6 Å². The maximum Gasteiger partial charge on any atom is 0.316 e. The molecule has 0 fully saturated rings. The van der Waals surface area contributed by atoms with E-state index in [-0.39, 0.29) is 12.2 Å². The fourth-order valence-electron chi connectivity index (χ4n) is 1.93. The summed E-state index contributed by atoms with van der Waals surface area (Å²) in [5.74, 6) is -1.97. The first-order valence-corrected chi connectivity index (χ1v) is 6.38. The highest BCUT2D eigenvalue weighted by Gasteiger charge is 2.21. The Hall–Kier alpha value is -3.22. The van der Waals surface area contributed by atoms with Crippen molar-refractivity contribution in [3.05, 3.63) is 70.3 Å². The first-order chi connectivity index (χ1) is 10.5. The number of amides is 2. The lowest BCUT2D eigenvalue weighted by atomic mass is 10.2. The number of carbonyl (C=O) groups excluding carboxylic acids is 2. The van der Waals surface area contributed by atoms with Crippen molar-refractivity contribution in [2.24, 2.45) is 5.73 Å². The van der Waals surface area contributed by atoms with E-state index in [9.17, 15) is 19.7 Å². The average Bonchev–Trinajstić information content (AvgIpc) is 2.53. The second kappa shape index (κ2) is 6.49. The number of benzene rings is 2. The molecule has 0 aliphatic rings. The van der Waals surface area contributed by atoms with E-state index in [0.717, 1.165) is 5.56 Å². The second-order valence-corrected chi connectivity index (χ2v) is 4.51. The largest absolute Gasteiger partial charge is 0.361 e. The highest BCUT2D eigenvalue weighted by molar-refractivity contribution is 6.39. The minimum absolute atomic E-state index is 0.102. The molecule has 2 amide bonds. The van der Waals surface area contributed by atoms with Gasteiger partial charge in [-0.3, -0.25) is 24.6 Å². The normalized spacial score (nSPS) is 10.0. The lowest BCUT2D eigenvalue weighted by Crippen LogP contribution is -2.40. The minimum atomic E-state index is -1.09. The summed E-state index contributed by atoms with van der Waals surface area (Å²) < 4.78 is 0. The number of hydrogen-bond donors (Lipinski definition) is 1. The lowest BCUT2D eigenvalue weighted by Gasteiger charge is -2.21. The topological polar surface area (TPSA) is 107 Å². The van der Waals surface area contributed by atoms with Gasteiger partial charge in [0.25, 0.3) is 5.69 Å². The van der Waals surface area contributed by atoms with Crippen LogP contribution in [0, 0.1) is 10.1 Å². The molecule has 0 aromatic heterocycles. The summed E-state index contributed by atoms with van der Waals surface area (Å²) in [4.78, 5) is 34.5. The number of carbonyl (C=O) groups is 2. The molecule has 112 valence electrons. The number of primary amides is 1. The van der Waals surface area contributed by atoms with Crippen molar-refractivity contribution in [3.8, 4) is 0 Å². The Balaban J connectivity index is 2.33. The van der Waals surface area contributed by atoms with Crippen molar-refractivity contribution in [1.29, 1.82) is 0 Å². The fourth-order valence-corrected chi connectivity index (χ4v) is 1.93. The molecule has 22 heavy (non-hydrogen) atoms. The van der Waals surface area contributed by atoms with Gasteiger partial charge >= 0.3 is 11.8 Å². The van der Waals surface area contributed by atoms with Gasteiger partial charge in [-0.25, -0.2) is 0 Å². The monoisotopic (exact) mass is 299 g/mol. The summed E-state index contributed by atoms with van der Waals surface area (Å²) in [5.41, 5.74) is 6.13. The van der Waals surface area contributed by atoms with Crippen LogP contribution in [-0.2, 0) is 16.1 Å². The van der Waals surface area contributed by atoms with Crippen molar-refractivity contribution in [1.82, 2.24) is 0 Å². The van der Waals surface area contributed by atoms with Crippen LogP contribution in [0.1, 0.15) is 5.56 Å². The van der Waals surface area contributed by atoms with Crippen LogP contribution < -0.4 is 10.6 Å². The molecule has 2 aromatic rings. The predicted octanol–water partition coefficient (Wildman–Crippen LogP) is 1.61. The number of rotatable bonds is 4. The molecule has 0 spiro atoms. The third-order valence-electron chi connectivity index (χ3n) is 3.01. The van der Waals surface area contributed by atoms with E-state index in [1.54, 1.807) is 24.3 Å². The number of nitrogens with zero attached hydrogens (tertiary/aromatic N) is 2. The van der Waals surface area contributed by atoms with E-state index >= 15 is 0 Å². The first kappa shape index (κ1) is 15.2. The zero-order chi connectivity index (χ0) is 16.1. The van der Waals surface area contributed by atoms with Crippen LogP contribution in [-0.4, -0.2) is 16.7 Å². The van der Waals surface area contributed by atoms with Crippen LogP contribution in [0.4, 0.5) is 11.4 Å². The summed E-state index contributed by atoms with van der Waals surface area (Å²) in [6.07, 6.45) is 0. The number of nitro benzene ring substituents is 1. The van der Waals surface area contributed by atoms with E-state index in [1.807, 2.05) is 6.07 Å². The summed E-state index contributed by atoms with van der Waals surface area (Å²) >= 11 is 0. The Morgan fingerprint density at radius 3 is 2.14 bits per heavy atom. The van der Waals surface area contributed by atoms with Crippen molar-refractivity contribution < 1.29 is 14.5 Å². The van der Waals surface area contributed by atoms with Gasteiger partial charge in [0, 0.05) is 17.8 Å². The molecular formula is C15H13N3O4. The maximum absolute atomic E-state index is 12.0. The van der Waals surface area contributed by atoms with Crippen LogP contribution in [0.5, 0.6) is 0 Å². The standard InChI is InChI=1S/C15H13N3O4/c16-14(19)15(20)17(10-11-4-2-1-3-5-11)12-6-8-13(9-7-12)18(21)22/h1-9H,10H2,(H2,16,19). The van der Waals surface area contributed by atoms with Crippen molar-refractivity contribution >= 4 is 23.2 Å². The molecule has 0 saturated carbocycles. The van der Waals surface area contributed by atoms with Gasteiger partial charge in [-0.15, -0.1) is 0 Å². The predicted molar refractivity (Wildman–Crippen MR) is 79.9 cm³/mol. The van der Waals surface area contributed by atoms with E-state index in [4.69, 9.17) is 5.73 Å². The molecule has 0 aliphatic carbocycles. The van der Waals surface area contributed by atoms with Gasteiger partial charge in [0.05, 0.1) is 11.5 Å². The smallest absolute Gasteiger partial charge is 0.316 e. The van der Waals surface area contributed by atoms with Gasteiger partial charge in [-0.05, 0) is 17.7 Å². The average molecular weight is 299 g/mol. The van der Waals surface area contributed by atoms with Crippen LogP contribution >= 0.6 is 0 Å². The highest BCUT2D eigenvalue weighted by atomic mass is 16.6. The van der Waals surface area contributed by atoms with Gasteiger partial charge in [0.2, 0.25) is 0 Å². The third kappa shape index (κ3) is 3.45. The van der Waals surface area contributed by atoms with E-state index in [0.29, 0.717) is 5.69 Å². The van der Waals surface area contributed by atoms with E-state index < -0.39 is 16.7 Å². The zero-order valence-electron chi connectivity index (χ0n) is 11.5. The van der Waals surface area contributed by atoms with Crippen LogP contribution in [0.2, 0.25) is 0 Å². The molecule has 0 saturated heterocycles. The Kier molecular flexibility index (Phi) is 4.47. The molecule has 0 unspecified atom stereocenters. The number of nitro groups is 1. The van der Waals surface area contributed by atoms with Crippen molar-refractivity contribution in [2.75, 3.05) is 4.90 Å². The molecule has 2 N–H and O–H groups in total. The molecule has 2 aromatic carbocycles. The Morgan fingerprint density at radius 2 is 1.64 bits per heavy atom. The van der Waals surface area contributed by atoms with Crippen molar-refractivity contribution in [2.45, 2.75) is 6.54 Å². The fraction of sp³-hybridized carbons (Fsp3) is 0.0667. The van der Waals surface area contributed by atoms with Crippen LogP contribution in [0.3, 0.4) is 0 Å². The third-order valence-corrected chi connectivity index (χ3v) is 3.01. The maximum atomic E-state index is 12.0. The van der Waals surface area contributed by atoms with E-state index in [1.165, 1.54) is 29.2 Å². The van der Waals surface area contributed by atoms with Gasteiger partial charge in [0.15, 0.2) is 0 Å². The molecular weight excluding hydrogens is 286 g/mol. The van der Waals surface area contributed by atoms with Gasteiger partial charge in [-0.2, -0.15) is 0 Å². The van der Waals surface area contributed by atoms with Gasteiger partial charge in [-0.1, -0.05) is 30.3 Å². The Labute approximate surface area is 126 Å². The quantitative estimate of drug-likeness (QED) is 0.525. The van der Waals surface area contributed by atoms with Crippen molar-refractivity contribution in [3.63, 3.8) is 0 Å². The van der Waals surface area contributed by atoms with E-state index in [2.05, 4.69) is 0 Å². The number of non-ortho nitro benzene ring substituents is 1. The van der Waals surface area contributed by atoms with Crippen LogP contribution in [0.25, 0.3) is 0 Å². The molecule has 7 nitrogen and oxygen atoms in total. The number of hydrogen-bond acceptors (Lipinski definition) is 4. The summed E-state index contributed by atoms with van der Waals surface area (Å²) in [6, 6.07) is 14.4.